The molecule has 0 aliphatic carbocycles. The number of benzene rings is 1. The summed E-state index contributed by atoms with van der Waals surface area (Å²) in [5, 5.41) is 3.54. The summed E-state index contributed by atoms with van der Waals surface area (Å²) in [6.07, 6.45) is 0. The molecular weight excluding hydrogens is 284 g/mol. The average molecular weight is 302 g/mol. The number of nitrogens with one attached hydrogen (secondary N) is 1. The number of anilines is 1. The highest BCUT2D eigenvalue weighted by Gasteiger charge is 2.14. The summed E-state index contributed by atoms with van der Waals surface area (Å²) in [6, 6.07) is 9.53. The van der Waals surface area contributed by atoms with Crippen molar-refractivity contribution in [1.29, 1.82) is 0 Å². The van der Waals surface area contributed by atoms with E-state index in [1.54, 1.807) is 7.05 Å². The number of hydrogen-bond donors (Lipinski definition) is 2. The third kappa shape index (κ3) is 3.28. The highest BCUT2D eigenvalue weighted by Crippen LogP contribution is 2.23. The fourth-order valence-electron chi connectivity index (χ4n) is 2.13. The minimum Gasteiger partial charge on any atom is -0.389 e. The van der Waals surface area contributed by atoms with Crippen molar-refractivity contribution >= 4 is 39.8 Å². The van der Waals surface area contributed by atoms with Gasteiger partial charge in [-0.2, -0.15) is 0 Å². The van der Waals surface area contributed by atoms with Crippen LogP contribution >= 0.6 is 12.2 Å². The highest BCUT2D eigenvalue weighted by atomic mass is 32.1. The Morgan fingerprint density at radius 3 is 2.76 bits per heavy atom. The van der Waals surface area contributed by atoms with Crippen LogP contribution in [0.15, 0.2) is 30.3 Å². The van der Waals surface area contributed by atoms with E-state index in [2.05, 4.69) is 10.3 Å². The van der Waals surface area contributed by atoms with E-state index in [9.17, 15) is 4.79 Å². The summed E-state index contributed by atoms with van der Waals surface area (Å²) in [5.74, 6) is 0.631. The van der Waals surface area contributed by atoms with Crippen molar-refractivity contribution in [2.45, 2.75) is 6.92 Å². The maximum absolute atomic E-state index is 11.6. The number of rotatable bonds is 5. The van der Waals surface area contributed by atoms with Gasteiger partial charge in [0.05, 0.1) is 12.1 Å². The van der Waals surface area contributed by atoms with Gasteiger partial charge >= 0.3 is 0 Å². The fourth-order valence-corrected chi connectivity index (χ4v) is 2.30. The largest absolute Gasteiger partial charge is 0.389 e. The molecule has 5 nitrogen and oxygen atoms in total. The second-order valence-corrected chi connectivity index (χ2v) is 5.04. The number of nitrogens with zero attached hydrogens (tertiary/aromatic N) is 2. The molecule has 0 aliphatic heterocycles. The van der Waals surface area contributed by atoms with E-state index in [0.717, 1.165) is 16.5 Å². The molecule has 0 aliphatic rings. The lowest BCUT2D eigenvalue weighted by Gasteiger charge is -2.22. The monoisotopic (exact) mass is 302 g/mol. The fraction of sp³-hybridized carbons (Fsp3) is 0.267. The van der Waals surface area contributed by atoms with Gasteiger partial charge in [-0.05, 0) is 19.1 Å². The number of hydrogen-bond acceptors (Lipinski definition) is 4. The van der Waals surface area contributed by atoms with Crippen LogP contribution < -0.4 is 16.0 Å². The Bertz CT molecular complexity index is 686. The molecule has 0 radical (unpaired) electrons. The van der Waals surface area contributed by atoms with Gasteiger partial charge in [-0.3, -0.25) is 4.79 Å². The number of carbonyl (C=O) groups is 1. The number of nitrogens with two attached hydrogens (primary N) is 1. The van der Waals surface area contributed by atoms with Gasteiger partial charge in [-0.15, -0.1) is 0 Å². The van der Waals surface area contributed by atoms with Gasteiger partial charge in [0, 0.05) is 24.5 Å². The van der Waals surface area contributed by atoms with E-state index in [-0.39, 0.29) is 12.5 Å². The Hall–Kier alpha value is -2.21. The SMILES string of the molecule is CCN(CC(=O)NC)c1cc(C(N)=S)c2ccccc2n1. The van der Waals surface area contributed by atoms with E-state index < -0.39 is 0 Å². The molecule has 0 bridgehead atoms. The average Bonchev–Trinajstić information content (AvgIpc) is 2.50. The van der Waals surface area contributed by atoms with Gasteiger partial charge in [0.25, 0.3) is 0 Å². The quantitative estimate of drug-likeness (QED) is 0.818. The lowest BCUT2D eigenvalue weighted by atomic mass is 10.1. The lowest BCUT2D eigenvalue weighted by molar-refractivity contribution is -0.119. The molecule has 3 N–H and O–H groups in total. The summed E-state index contributed by atoms with van der Waals surface area (Å²) in [5.41, 5.74) is 7.42. The molecule has 0 spiro atoms. The van der Waals surface area contributed by atoms with Crippen molar-refractivity contribution in [3.8, 4) is 0 Å². The predicted octanol–water partition coefficient (Wildman–Crippen LogP) is 1.44. The normalized spacial score (nSPS) is 10.4. The number of thiocarbonyl (C=S) groups is 1. The number of amides is 1. The Morgan fingerprint density at radius 1 is 1.43 bits per heavy atom. The van der Waals surface area contributed by atoms with Gasteiger partial charge in [0.2, 0.25) is 5.91 Å². The van der Waals surface area contributed by atoms with Crippen LogP contribution in [0.5, 0.6) is 0 Å². The Morgan fingerprint density at radius 2 is 2.14 bits per heavy atom. The zero-order valence-electron chi connectivity index (χ0n) is 12.1. The first-order chi connectivity index (χ1) is 10.1. The van der Waals surface area contributed by atoms with E-state index in [4.69, 9.17) is 18.0 Å². The summed E-state index contributed by atoms with van der Waals surface area (Å²) in [6.45, 7) is 2.88. The van der Waals surface area contributed by atoms with Gasteiger partial charge in [-0.25, -0.2) is 4.98 Å². The van der Waals surface area contributed by atoms with Crippen LogP contribution in [0.25, 0.3) is 10.9 Å². The van der Waals surface area contributed by atoms with Crippen LogP contribution in [-0.2, 0) is 4.79 Å². The number of fused-ring (bicyclic) bond motifs is 1. The summed E-state index contributed by atoms with van der Waals surface area (Å²) in [4.78, 5) is 18.4. The zero-order chi connectivity index (χ0) is 15.4. The van der Waals surface area contributed by atoms with Crippen molar-refractivity contribution in [2.24, 2.45) is 5.73 Å². The molecule has 1 heterocycles. The molecule has 1 amide bonds. The lowest BCUT2D eigenvalue weighted by Crippen LogP contribution is -2.36. The number of carbonyl (C=O) groups excluding carboxylic acids is 1. The summed E-state index contributed by atoms with van der Waals surface area (Å²) in [7, 11) is 1.62. The standard InChI is InChI=1S/C15H18N4OS/c1-3-19(9-14(20)17-2)13-8-11(15(16)21)10-6-4-5-7-12(10)18-13/h4-8H,3,9H2,1-2H3,(H2,16,21)(H,17,20). The first kappa shape index (κ1) is 15.2. The molecular formula is C15H18N4OS. The second-order valence-electron chi connectivity index (χ2n) is 4.60. The van der Waals surface area contributed by atoms with Crippen LogP contribution in [0.3, 0.4) is 0 Å². The smallest absolute Gasteiger partial charge is 0.239 e. The predicted molar refractivity (Wildman–Crippen MR) is 89.6 cm³/mol. The first-order valence-electron chi connectivity index (χ1n) is 6.72. The Labute approximate surface area is 129 Å². The van der Waals surface area contributed by atoms with Crippen molar-refractivity contribution < 1.29 is 4.79 Å². The molecule has 0 saturated heterocycles. The van der Waals surface area contributed by atoms with Crippen LogP contribution in [0.2, 0.25) is 0 Å². The number of likely N-dealkylation sites (N-methyl/N-ethyl adjacent to an activating group) is 2. The van der Waals surface area contributed by atoms with Crippen molar-refractivity contribution in [1.82, 2.24) is 10.3 Å². The van der Waals surface area contributed by atoms with Gasteiger partial charge in [0.1, 0.15) is 10.8 Å². The maximum Gasteiger partial charge on any atom is 0.239 e. The van der Waals surface area contributed by atoms with Crippen LogP contribution in [-0.4, -0.2) is 36.0 Å². The molecule has 1 aromatic heterocycles. The Kier molecular flexibility index (Phi) is 4.70. The maximum atomic E-state index is 11.6. The minimum atomic E-state index is -0.0660. The zero-order valence-corrected chi connectivity index (χ0v) is 12.9. The minimum absolute atomic E-state index is 0.0660. The van der Waals surface area contributed by atoms with Gasteiger partial charge in [-0.1, -0.05) is 30.4 Å². The van der Waals surface area contributed by atoms with Crippen molar-refractivity contribution in [2.75, 3.05) is 25.0 Å². The highest BCUT2D eigenvalue weighted by molar-refractivity contribution is 7.80. The second kappa shape index (κ2) is 6.49. The number of para-hydroxylation sites is 1. The van der Waals surface area contributed by atoms with Gasteiger partial charge in [0.15, 0.2) is 0 Å². The number of pyridine rings is 1. The molecule has 0 unspecified atom stereocenters. The van der Waals surface area contributed by atoms with E-state index in [0.29, 0.717) is 17.4 Å². The molecule has 2 aromatic rings. The summed E-state index contributed by atoms with van der Waals surface area (Å²) < 4.78 is 0. The molecule has 2 rings (SSSR count). The molecule has 110 valence electrons. The third-order valence-corrected chi connectivity index (χ3v) is 3.51. The first-order valence-corrected chi connectivity index (χ1v) is 7.12. The summed E-state index contributed by atoms with van der Waals surface area (Å²) >= 11 is 5.13. The van der Waals surface area contributed by atoms with E-state index in [1.807, 2.05) is 42.2 Å². The molecule has 21 heavy (non-hydrogen) atoms. The third-order valence-electron chi connectivity index (χ3n) is 3.29. The van der Waals surface area contributed by atoms with E-state index in [1.165, 1.54) is 0 Å². The molecule has 6 heteroatoms. The van der Waals surface area contributed by atoms with Crippen LogP contribution in [0, 0.1) is 0 Å². The molecule has 0 fully saturated rings. The molecule has 0 atom stereocenters. The van der Waals surface area contributed by atoms with Gasteiger partial charge < -0.3 is 16.0 Å². The van der Waals surface area contributed by atoms with Crippen LogP contribution in [0.1, 0.15) is 12.5 Å². The van der Waals surface area contributed by atoms with E-state index >= 15 is 0 Å². The van der Waals surface area contributed by atoms with Crippen molar-refractivity contribution in [3.05, 3.63) is 35.9 Å². The molecule has 0 saturated carbocycles. The van der Waals surface area contributed by atoms with Crippen LogP contribution in [0.4, 0.5) is 5.82 Å². The number of aromatic nitrogens is 1. The van der Waals surface area contributed by atoms with Crippen molar-refractivity contribution in [3.63, 3.8) is 0 Å². The molecule has 1 aromatic carbocycles. The Balaban J connectivity index is 2.53. The topological polar surface area (TPSA) is 71.2 Å².